The highest BCUT2D eigenvalue weighted by Gasteiger charge is 2.36. The van der Waals surface area contributed by atoms with Crippen molar-refractivity contribution in [3.05, 3.63) is 69.9 Å². The molecule has 2 aromatic rings. The van der Waals surface area contributed by atoms with Crippen molar-refractivity contribution in [2.75, 3.05) is 13.1 Å². The van der Waals surface area contributed by atoms with E-state index in [1.807, 2.05) is 10.6 Å². The minimum absolute atomic E-state index is 0.0195. The minimum atomic E-state index is -0.482. The molecule has 4 rings (SSSR count). The number of rotatable bonds is 1. The summed E-state index contributed by atoms with van der Waals surface area (Å²) in [5.41, 5.74) is 1.13. The van der Waals surface area contributed by atoms with Gasteiger partial charge >= 0.3 is 0 Å². The molecule has 3 heterocycles. The Balaban J connectivity index is 1.65. The van der Waals surface area contributed by atoms with Crippen molar-refractivity contribution in [1.82, 2.24) is 9.47 Å². The van der Waals surface area contributed by atoms with Crippen LogP contribution >= 0.6 is 0 Å². The quantitative estimate of drug-likeness (QED) is 0.810. The molecular formula is C18H17FN2O2. The molecule has 118 valence electrons. The van der Waals surface area contributed by atoms with Crippen LogP contribution < -0.4 is 5.56 Å². The first-order valence-electron chi connectivity index (χ1n) is 7.87. The van der Waals surface area contributed by atoms with Crippen LogP contribution in [0.1, 0.15) is 28.4 Å². The summed E-state index contributed by atoms with van der Waals surface area (Å²) >= 11 is 0. The first-order valence-corrected chi connectivity index (χ1v) is 7.87. The number of aromatic nitrogens is 1. The van der Waals surface area contributed by atoms with Crippen molar-refractivity contribution < 1.29 is 9.18 Å². The molecule has 0 aliphatic carbocycles. The summed E-state index contributed by atoms with van der Waals surface area (Å²) in [6, 6.07) is 11.4. The van der Waals surface area contributed by atoms with Crippen molar-refractivity contribution in [2.24, 2.45) is 5.92 Å². The highest BCUT2D eigenvalue weighted by Crippen LogP contribution is 2.35. The van der Waals surface area contributed by atoms with E-state index in [1.54, 1.807) is 29.2 Å². The topological polar surface area (TPSA) is 42.3 Å². The highest BCUT2D eigenvalue weighted by molar-refractivity contribution is 5.94. The molecule has 0 spiro atoms. The Morgan fingerprint density at radius 1 is 1.04 bits per heavy atom. The van der Waals surface area contributed by atoms with Gasteiger partial charge < -0.3 is 9.47 Å². The second-order valence-electron chi connectivity index (χ2n) is 6.39. The number of likely N-dealkylation sites (tertiary alicyclic amines) is 1. The molecule has 2 aliphatic rings. The number of fused-ring (bicyclic) bond motifs is 4. The zero-order valence-corrected chi connectivity index (χ0v) is 12.6. The van der Waals surface area contributed by atoms with Gasteiger partial charge in [0.1, 0.15) is 5.82 Å². The molecular weight excluding hydrogens is 295 g/mol. The van der Waals surface area contributed by atoms with E-state index < -0.39 is 5.82 Å². The Morgan fingerprint density at radius 2 is 1.87 bits per heavy atom. The maximum absolute atomic E-state index is 13.9. The third-order valence-corrected chi connectivity index (χ3v) is 4.87. The average molecular weight is 312 g/mol. The van der Waals surface area contributed by atoms with E-state index in [1.165, 1.54) is 12.1 Å². The third-order valence-electron chi connectivity index (χ3n) is 4.87. The second kappa shape index (κ2) is 5.33. The number of hydrogen-bond acceptors (Lipinski definition) is 2. The zero-order valence-electron chi connectivity index (χ0n) is 12.6. The van der Waals surface area contributed by atoms with Gasteiger partial charge in [0.05, 0.1) is 5.56 Å². The Hall–Kier alpha value is -2.43. The van der Waals surface area contributed by atoms with Crippen molar-refractivity contribution in [2.45, 2.75) is 18.9 Å². The number of carbonyl (C=O) groups is 1. The van der Waals surface area contributed by atoms with Gasteiger partial charge in [0.25, 0.3) is 11.5 Å². The molecule has 2 atom stereocenters. The first-order chi connectivity index (χ1) is 11.1. The molecule has 0 unspecified atom stereocenters. The molecule has 0 N–H and O–H groups in total. The van der Waals surface area contributed by atoms with E-state index >= 15 is 0 Å². The van der Waals surface area contributed by atoms with Gasteiger partial charge in [-0.05, 0) is 30.5 Å². The Labute approximate surface area is 133 Å². The standard InChI is InChI=1S/C18H17FN2O2/c19-15-5-2-1-4-14(15)18(23)20-9-12-8-13(11-20)16-6-3-7-17(22)21(16)10-12/h1-7,12-13H,8-11H2/t12-,13+/m1/s1. The number of hydrogen-bond donors (Lipinski definition) is 0. The average Bonchev–Trinajstić information content (AvgIpc) is 2.55. The molecule has 1 amide bonds. The van der Waals surface area contributed by atoms with Crippen LogP contribution in [0.5, 0.6) is 0 Å². The summed E-state index contributed by atoms with van der Waals surface area (Å²) < 4.78 is 15.7. The summed E-state index contributed by atoms with van der Waals surface area (Å²) in [5.74, 6) is -0.349. The number of carbonyl (C=O) groups excluding carboxylic acids is 1. The first kappa shape index (κ1) is 14.2. The van der Waals surface area contributed by atoms with Crippen LogP contribution in [-0.2, 0) is 6.54 Å². The largest absolute Gasteiger partial charge is 0.338 e. The van der Waals surface area contributed by atoms with Gasteiger partial charge in [-0.15, -0.1) is 0 Å². The van der Waals surface area contributed by atoms with Crippen molar-refractivity contribution >= 4 is 5.91 Å². The van der Waals surface area contributed by atoms with Gasteiger partial charge in [-0.2, -0.15) is 0 Å². The van der Waals surface area contributed by atoms with Crippen LogP contribution in [0.2, 0.25) is 0 Å². The number of nitrogens with zero attached hydrogens (tertiary/aromatic N) is 2. The van der Waals surface area contributed by atoms with E-state index in [9.17, 15) is 14.0 Å². The minimum Gasteiger partial charge on any atom is -0.338 e. The SMILES string of the molecule is O=C(c1ccccc1F)N1C[C@H]2C[C@@H](C1)c1cccc(=O)n1C2. The van der Waals surface area contributed by atoms with Gasteiger partial charge in [0, 0.05) is 37.3 Å². The van der Waals surface area contributed by atoms with E-state index in [4.69, 9.17) is 0 Å². The van der Waals surface area contributed by atoms with E-state index in [2.05, 4.69) is 0 Å². The van der Waals surface area contributed by atoms with Gasteiger partial charge in [-0.25, -0.2) is 4.39 Å². The maximum atomic E-state index is 13.9. The number of pyridine rings is 1. The molecule has 0 radical (unpaired) electrons. The van der Waals surface area contributed by atoms with Crippen molar-refractivity contribution in [3.8, 4) is 0 Å². The zero-order chi connectivity index (χ0) is 16.0. The smallest absolute Gasteiger partial charge is 0.256 e. The van der Waals surface area contributed by atoms with Crippen molar-refractivity contribution in [3.63, 3.8) is 0 Å². The lowest BCUT2D eigenvalue weighted by Gasteiger charge is -2.42. The predicted molar refractivity (Wildman–Crippen MR) is 83.9 cm³/mol. The monoisotopic (exact) mass is 312 g/mol. The predicted octanol–water partition coefficient (Wildman–Crippen LogP) is 2.25. The highest BCUT2D eigenvalue weighted by atomic mass is 19.1. The Kier molecular flexibility index (Phi) is 3.29. The van der Waals surface area contributed by atoms with Crippen LogP contribution in [-0.4, -0.2) is 28.5 Å². The summed E-state index contributed by atoms with van der Waals surface area (Å²) in [6.07, 6.45) is 0.977. The van der Waals surface area contributed by atoms with Crippen LogP contribution in [0.15, 0.2) is 47.3 Å². The fourth-order valence-electron chi connectivity index (χ4n) is 3.87. The normalized spacial score (nSPS) is 22.6. The van der Waals surface area contributed by atoms with E-state index in [0.29, 0.717) is 19.6 Å². The van der Waals surface area contributed by atoms with Gasteiger partial charge in [0.15, 0.2) is 0 Å². The van der Waals surface area contributed by atoms with Crippen LogP contribution in [0.25, 0.3) is 0 Å². The maximum Gasteiger partial charge on any atom is 0.256 e. The number of piperidine rings is 1. The summed E-state index contributed by atoms with van der Waals surface area (Å²) in [5, 5.41) is 0. The van der Waals surface area contributed by atoms with Crippen LogP contribution in [0.4, 0.5) is 4.39 Å². The summed E-state index contributed by atoms with van der Waals surface area (Å²) in [4.78, 5) is 26.4. The molecule has 1 fully saturated rings. The van der Waals surface area contributed by atoms with Gasteiger partial charge in [-0.3, -0.25) is 9.59 Å². The molecule has 5 heteroatoms. The molecule has 2 bridgehead atoms. The molecule has 1 aromatic carbocycles. The molecule has 4 nitrogen and oxygen atoms in total. The van der Waals surface area contributed by atoms with E-state index in [-0.39, 0.29) is 28.9 Å². The molecule has 1 saturated heterocycles. The molecule has 1 aromatic heterocycles. The molecule has 0 saturated carbocycles. The second-order valence-corrected chi connectivity index (χ2v) is 6.39. The number of halogens is 1. The number of benzene rings is 1. The Morgan fingerprint density at radius 3 is 2.70 bits per heavy atom. The summed E-state index contributed by atoms with van der Waals surface area (Å²) in [6.45, 7) is 1.74. The van der Waals surface area contributed by atoms with Crippen molar-refractivity contribution in [1.29, 1.82) is 0 Å². The lowest BCUT2D eigenvalue weighted by Crippen LogP contribution is -2.49. The molecule has 23 heavy (non-hydrogen) atoms. The van der Waals surface area contributed by atoms with Crippen LogP contribution in [0.3, 0.4) is 0 Å². The fourth-order valence-corrected chi connectivity index (χ4v) is 3.87. The fraction of sp³-hybridized carbons (Fsp3) is 0.333. The Bertz CT molecular complexity index is 830. The van der Waals surface area contributed by atoms with E-state index in [0.717, 1.165) is 12.1 Å². The van der Waals surface area contributed by atoms with Gasteiger partial charge in [-0.1, -0.05) is 18.2 Å². The van der Waals surface area contributed by atoms with Gasteiger partial charge in [0.2, 0.25) is 0 Å². The lowest BCUT2D eigenvalue weighted by molar-refractivity contribution is 0.0590. The van der Waals surface area contributed by atoms with Crippen LogP contribution in [0, 0.1) is 11.7 Å². The summed E-state index contributed by atoms with van der Waals surface area (Å²) in [7, 11) is 0. The third kappa shape index (κ3) is 2.36. The number of amides is 1. The molecule has 2 aliphatic heterocycles. The lowest BCUT2D eigenvalue weighted by atomic mass is 9.83.